The van der Waals surface area contributed by atoms with E-state index in [4.69, 9.17) is 17.0 Å². The van der Waals surface area contributed by atoms with Gasteiger partial charge in [0.15, 0.2) is 4.77 Å². The van der Waals surface area contributed by atoms with E-state index in [1.807, 2.05) is 32.0 Å². The maximum Gasteiger partial charge on any atom is 0.240 e. The molecular formula is C13H17N3O2S. The average Bonchev–Trinajstić information content (AvgIpc) is 2.65. The Morgan fingerprint density at radius 3 is 2.89 bits per heavy atom. The van der Waals surface area contributed by atoms with Crippen LogP contribution in [-0.4, -0.2) is 28.6 Å². The Kier molecular flexibility index (Phi) is 3.90. The van der Waals surface area contributed by atoms with Crippen molar-refractivity contribution in [3.63, 3.8) is 0 Å². The molecule has 6 heteroatoms. The van der Waals surface area contributed by atoms with E-state index in [1.165, 1.54) is 0 Å². The minimum atomic E-state index is -0.0604. The molecule has 2 aromatic rings. The monoisotopic (exact) mass is 279 g/mol. The minimum absolute atomic E-state index is 0.0604. The van der Waals surface area contributed by atoms with Crippen LogP contribution in [0.25, 0.3) is 11.0 Å². The van der Waals surface area contributed by atoms with Crippen molar-refractivity contribution in [1.82, 2.24) is 14.9 Å². The SMILES string of the molecule is COc1cccc2c1[nH]c(=S)n2CC(=O)NC(C)C. The van der Waals surface area contributed by atoms with Crippen LogP contribution < -0.4 is 10.1 Å². The van der Waals surface area contributed by atoms with Gasteiger partial charge in [-0.25, -0.2) is 0 Å². The number of nitrogens with zero attached hydrogens (tertiary/aromatic N) is 1. The van der Waals surface area contributed by atoms with Gasteiger partial charge in [0, 0.05) is 6.04 Å². The van der Waals surface area contributed by atoms with Crippen LogP contribution in [-0.2, 0) is 11.3 Å². The molecule has 1 aromatic heterocycles. The molecule has 0 radical (unpaired) electrons. The number of imidazole rings is 1. The van der Waals surface area contributed by atoms with Crippen molar-refractivity contribution < 1.29 is 9.53 Å². The summed E-state index contributed by atoms with van der Waals surface area (Å²) in [6.07, 6.45) is 0. The maximum absolute atomic E-state index is 11.8. The number of methoxy groups -OCH3 is 1. The number of amides is 1. The van der Waals surface area contributed by atoms with Crippen LogP contribution in [0, 0.1) is 4.77 Å². The number of ether oxygens (including phenoxy) is 1. The third-order valence-electron chi connectivity index (χ3n) is 2.74. The Labute approximate surface area is 116 Å². The van der Waals surface area contributed by atoms with E-state index in [1.54, 1.807) is 11.7 Å². The van der Waals surface area contributed by atoms with Crippen LogP contribution in [0.3, 0.4) is 0 Å². The molecule has 19 heavy (non-hydrogen) atoms. The van der Waals surface area contributed by atoms with Gasteiger partial charge in [-0.2, -0.15) is 0 Å². The van der Waals surface area contributed by atoms with Crippen LogP contribution >= 0.6 is 12.2 Å². The van der Waals surface area contributed by atoms with Gasteiger partial charge >= 0.3 is 0 Å². The summed E-state index contributed by atoms with van der Waals surface area (Å²) >= 11 is 5.26. The molecule has 0 bridgehead atoms. The predicted octanol–water partition coefficient (Wildman–Crippen LogP) is 2.23. The molecule has 0 fully saturated rings. The first-order valence-corrected chi connectivity index (χ1v) is 6.48. The van der Waals surface area contributed by atoms with Gasteiger partial charge in [0.1, 0.15) is 17.8 Å². The highest BCUT2D eigenvalue weighted by atomic mass is 32.1. The number of para-hydroxylation sites is 1. The van der Waals surface area contributed by atoms with Crippen molar-refractivity contribution >= 4 is 29.2 Å². The molecule has 1 amide bonds. The molecule has 0 spiro atoms. The molecule has 0 atom stereocenters. The number of aromatic amines is 1. The Balaban J connectivity index is 2.41. The number of fused-ring (bicyclic) bond motifs is 1. The van der Waals surface area contributed by atoms with E-state index in [9.17, 15) is 4.79 Å². The molecule has 5 nitrogen and oxygen atoms in total. The molecule has 0 aliphatic heterocycles. The second-order valence-electron chi connectivity index (χ2n) is 4.59. The molecule has 0 aliphatic carbocycles. The number of hydrogen-bond donors (Lipinski definition) is 2. The minimum Gasteiger partial charge on any atom is -0.494 e. The first-order valence-electron chi connectivity index (χ1n) is 6.08. The van der Waals surface area contributed by atoms with Gasteiger partial charge in [-0.05, 0) is 38.2 Å². The van der Waals surface area contributed by atoms with Crippen LogP contribution in [0.5, 0.6) is 5.75 Å². The number of benzene rings is 1. The second kappa shape index (κ2) is 5.44. The molecule has 2 rings (SSSR count). The van der Waals surface area contributed by atoms with Crippen molar-refractivity contribution in [1.29, 1.82) is 0 Å². The first-order chi connectivity index (χ1) is 9.02. The Hall–Kier alpha value is -1.82. The van der Waals surface area contributed by atoms with Gasteiger partial charge in [-0.1, -0.05) is 6.07 Å². The number of aromatic nitrogens is 2. The van der Waals surface area contributed by atoms with E-state index in [-0.39, 0.29) is 18.5 Å². The Bertz CT molecular complexity index is 657. The average molecular weight is 279 g/mol. The smallest absolute Gasteiger partial charge is 0.240 e. The van der Waals surface area contributed by atoms with Gasteiger partial charge in [-0.3, -0.25) is 4.79 Å². The number of carbonyl (C=O) groups is 1. The predicted molar refractivity (Wildman–Crippen MR) is 77.0 cm³/mol. The number of H-pyrrole nitrogens is 1. The van der Waals surface area contributed by atoms with E-state index < -0.39 is 0 Å². The normalized spacial score (nSPS) is 10.9. The summed E-state index contributed by atoms with van der Waals surface area (Å²) in [4.78, 5) is 14.9. The third-order valence-corrected chi connectivity index (χ3v) is 3.07. The highest BCUT2D eigenvalue weighted by Gasteiger charge is 2.11. The van der Waals surface area contributed by atoms with Crippen LogP contribution in [0.1, 0.15) is 13.8 Å². The lowest BCUT2D eigenvalue weighted by Crippen LogP contribution is -2.33. The fraction of sp³-hybridized carbons (Fsp3) is 0.385. The van der Waals surface area contributed by atoms with Crippen molar-refractivity contribution in [2.75, 3.05) is 7.11 Å². The zero-order valence-electron chi connectivity index (χ0n) is 11.2. The summed E-state index contributed by atoms with van der Waals surface area (Å²) in [6.45, 7) is 4.05. The largest absolute Gasteiger partial charge is 0.494 e. The Morgan fingerprint density at radius 1 is 1.53 bits per heavy atom. The van der Waals surface area contributed by atoms with E-state index in [0.717, 1.165) is 11.0 Å². The summed E-state index contributed by atoms with van der Waals surface area (Å²) in [7, 11) is 1.61. The van der Waals surface area contributed by atoms with Gasteiger partial charge in [0.05, 0.1) is 12.6 Å². The maximum atomic E-state index is 11.8. The van der Waals surface area contributed by atoms with Crippen molar-refractivity contribution in [2.24, 2.45) is 0 Å². The van der Waals surface area contributed by atoms with E-state index in [2.05, 4.69) is 10.3 Å². The molecule has 102 valence electrons. The highest BCUT2D eigenvalue weighted by Crippen LogP contribution is 2.24. The van der Waals surface area contributed by atoms with Gasteiger partial charge in [-0.15, -0.1) is 0 Å². The number of nitrogens with one attached hydrogen (secondary N) is 2. The molecule has 2 N–H and O–H groups in total. The topological polar surface area (TPSA) is 59.0 Å². The quantitative estimate of drug-likeness (QED) is 0.844. The lowest BCUT2D eigenvalue weighted by atomic mass is 10.3. The highest BCUT2D eigenvalue weighted by molar-refractivity contribution is 7.71. The fourth-order valence-electron chi connectivity index (χ4n) is 1.99. The Morgan fingerprint density at radius 2 is 2.26 bits per heavy atom. The second-order valence-corrected chi connectivity index (χ2v) is 4.98. The number of rotatable bonds is 4. The summed E-state index contributed by atoms with van der Waals surface area (Å²) in [5.41, 5.74) is 1.68. The zero-order valence-corrected chi connectivity index (χ0v) is 12.0. The first kappa shape index (κ1) is 13.6. The van der Waals surface area contributed by atoms with Gasteiger partial charge in [0.2, 0.25) is 5.91 Å². The summed E-state index contributed by atoms with van der Waals surface area (Å²) < 4.78 is 7.56. The van der Waals surface area contributed by atoms with Gasteiger partial charge in [0.25, 0.3) is 0 Å². The van der Waals surface area contributed by atoms with Crippen molar-refractivity contribution in [3.8, 4) is 5.75 Å². The van der Waals surface area contributed by atoms with E-state index in [0.29, 0.717) is 10.5 Å². The zero-order chi connectivity index (χ0) is 14.0. The molecular weight excluding hydrogens is 262 g/mol. The molecule has 1 heterocycles. The van der Waals surface area contributed by atoms with Crippen LogP contribution in [0.15, 0.2) is 18.2 Å². The standard InChI is InChI=1S/C13H17N3O2S/c1-8(2)14-11(17)7-16-9-5-4-6-10(18-3)12(9)15-13(16)19/h4-6,8H,7H2,1-3H3,(H,14,17)(H,15,19). The fourth-order valence-corrected chi connectivity index (χ4v) is 2.26. The molecule has 1 aromatic carbocycles. The third kappa shape index (κ3) is 2.78. The number of hydrogen-bond acceptors (Lipinski definition) is 3. The molecule has 0 saturated heterocycles. The molecule has 0 unspecified atom stereocenters. The number of carbonyl (C=O) groups excluding carboxylic acids is 1. The van der Waals surface area contributed by atoms with Crippen LogP contribution in [0.4, 0.5) is 0 Å². The summed E-state index contributed by atoms with van der Waals surface area (Å²) in [5, 5.41) is 2.85. The lowest BCUT2D eigenvalue weighted by Gasteiger charge is -2.09. The summed E-state index contributed by atoms with van der Waals surface area (Å²) in [5.74, 6) is 0.654. The molecule has 0 aliphatic rings. The van der Waals surface area contributed by atoms with E-state index >= 15 is 0 Å². The van der Waals surface area contributed by atoms with Crippen LogP contribution in [0.2, 0.25) is 0 Å². The lowest BCUT2D eigenvalue weighted by molar-refractivity contribution is -0.122. The summed E-state index contributed by atoms with van der Waals surface area (Å²) in [6, 6.07) is 5.75. The van der Waals surface area contributed by atoms with Gasteiger partial charge < -0.3 is 19.6 Å². The van der Waals surface area contributed by atoms with Crippen molar-refractivity contribution in [3.05, 3.63) is 23.0 Å². The molecule has 0 saturated carbocycles. The van der Waals surface area contributed by atoms with Crippen molar-refractivity contribution in [2.45, 2.75) is 26.4 Å².